The highest BCUT2D eigenvalue weighted by molar-refractivity contribution is 7.26. The van der Waals surface area contributed by atoms with Crippen molar-refractivity contribution in [3.8, 4) is 11.3 Å². The van der Waals surface area contributed by atoms with Crippen molar-refractivity contribution < 1.29 is 0 Å². The summed E-state index contributed by atoms with van der Waals surface area (Å²) in [6.45, 7) is 4.60. The van der Waals surface area contributed by atoms with Crippen LogP contribution in [0.3, 0.4) is 0 Å². The van der Waals surface area contributed by atoms with E-state index in [0.29, 0.717) is 11.8 Å². The number of rotatable bonds is 4. The number of nitrogens with zero attached hydrogens (tertiary/aromatic N) is 2. The molecule has 0 radical (unpaired) electrons. The molecule has 6 aromatic rings. The van der Waals surface area contributed by atoms with Crippen LogP contribution in [0.4, 0.5) is 0 Å². The highest BCUT2D eigenvalue weighted by Gasteiger charge is 2.23. The van der Waals surface area contributed by atoms with Gasteiger partial charge in [-0.2, -0.15) is 0 Å². The third-order valence-electron chi connectivity index (χ3n) is 7.85. The van der Waals surface area contributed by atoms with Gasteiger partial charge >= 0.3 is 0 Å². The van der Waals surface area contributed by atoms with Crippen molar-refractivity contribution in [3.63, 3.8) is 0 Å². The summed E-state index contributed by atoms with van der Waals surface area (Å²) in [6.07, 6.45) is 8.17. The van der Waals surface area contributed by atoms with Gasteiger partial charge in [0.1, 0.15) is 4.83 Å². The zero-order chi connectivity index (χ0) is 24.2. The Hall–Kier alpha value is -3.30. The molecule has 0 amide bonds. The maximum absolute atomic E-state index is 5.35. The first-order valence-electron chi connectivity index (χ1n) is 13.3. The van der Waals surface area contributed by atoms with E-state index in [2.05, 4.69) is 80.6 Å². The highest BCUT2D eigenvalue weighted by Crippen LogP contribution is 2.44. The van der Waals surface area contributed by atoms with Gasteiger partial charge in [-0.15, -0.1) is 11.3 Å². The SMILES string of the molecule is CC(C)Cc1cc(-c2cc(C3CCCC3)c3c(ccc4ccccc43)n2)c2sc3ncccc3c2c1. The quantitative estimate of drug-likeness (QED) is 0.232. The first kappa shape index (κ1) is 21.9. The molecule has 0 N–H and O–H groups in total. The topological polar surface area (TPSA) is 25.8 Å². The van der Waals surface area contributed by atoms with Gasteiger partial charge in [-0.3, -0.25) is 0 Å². The normalized spacial score (nSPS) is 14.8. The molecule has 1 fully saturated rings. The molecule has 178 valence electrons. The summed E-state index contributed by atoms with van der Waals surface area (Å²) in [6, 6.07) is 24.8. The molecule has 0 bridgehead atoms. The fraction of sp³-hybridized carbons (Fsp3) is 0.273. The van der Waals surface area contributed by atoms with Crippen LogP contribution in [0.1, 0.15) is 56.6 Å². The average Bonchev–Trinajstić information content (AvgIpc) is 3.56. The van der Waals surface area contributed by atoms with Gasteiger partial charge in [0.2, 0.25) is 0 Å². The van der Waals surface area contributed by atoms with Crippen LogP contribution in [-0.2, 0) is 6.42 Å². The average molecular weight is 487 g/mol. The van der Waals surface area contributed by atoms with Crippen LogP contribution < -0.4 is 0 Å². The number of aromatic nitrogens is 2. The van der Waals surface area contributed by atoms with Gasteiger partial charge in [0.25, 0.3) is 0 Å². The van der Waals surface area contributed by atoms with Crippen molar-refractivity contribution in [1.82, 2.24) is 9.97 Å². The second-order valence-electron chi connectivity index (χ2n) is 10.8. The minimum atomic E-state index is 0.600. The van der Waals surface area contributed by atoms with E-state index < -0.39 is 0 Å². The largest absolute Gasteiger partial charge is 0.248 e. The maximum atomic E-state index is 5.35. The van der Waals surface area contributed by atoms with Crippen LogP contribution in [0.2, 0.25) is 0 Å². The Morgan fingerprint density at radius 3 is 2.58 bits per heavy atom. The molecule has 1 saturated carbocycles. The van der Waals surface area contributed by atoms with Crippen LogP contribution in [0.5, 0.6) is 0 Å². The minimum Gasteiger partial charge on any atom is -0.248 e. The van der Waals surface area contributed by atoms with Gasteiger partial charge in [0.05, 0.1) is 11.2 Å². The van der Waals surface area contributed by atoms with Gasteiger partial charge in [-0.1, -0.05) is 57.0 Å². The van der Waals surface area contributed by atoms with E-state index in [4.69, 9.17) is 9.97 Å². The van der Waals surface area contributed by atoms with E-state index in [1.807, 2.05) is 6.20 Å². The molecule has 0 spiro atoms. The molecule has 1 aliphatic rings. The van der Waals surface area contributed by atoms with Gasteiger partial charge in [0, 0.05) is 32.6 Å². The van der Waals surface area contributed by atoms with Crippen LogP contribution in [0.15, 0.2) is 72.9 Å². The molecule has 36 heavy (non-hydrogen) atoms. The summed E-state index contributed by atoms with van der Waals surface area (Å²) in [5.41, 5.74) is 6.38. The fourth-order valence-corrected chi connectivity index (χ4v) is 7.43. The van der Waals surface area contributed by atoms with Crippen LogP contribution in [-0.4, -0.2) is 9.97 Å². The lowest BCUT2D eigenvalue weighted by Gasteiger charge is -2.18. The van der Waals surface area contributed by atoms with E-state index in [9.17, 15) is 0 Å². The third-order valence-corrected chi connectivity index (χ3v) is 9.02. The number of hydrogen-bond donors (Lipinski definition) is 0. The van der Waals surface area contributed by atoms with Gasteiger partial charge < -0.3 is 0 Å². The third kappa shape index (κ3) is 3.60. The Bertz CT molecular complexity index is 1760. The molecule has 2 nitrogen and oxygen atoms in total. The summed E-state index contributed by atoms with van der Waals surface area (Å²) in [4.78, 5) is 11.2. The van der Waals surface area contributed by atoms with E-state index in [0.717, 1.165) is 22.5 Å². The zero-order valence-electron chi connectivity index (χ0n) is 20.9. The summed E-state index contributed by atoms with van der Waals surface area (Å²) < 4.78 is 1.31. The molecular weight excluding hydrogens is 456 g/mol. The van der Waals surface area contributed by atoms with Gasteiger partial charge in [-0.25, -0.2) is 9.97 Å². The summed E-state index contributed by atoms with van der Waals surface area (Å²) >= 11 is 1.81. The molecule has 0 aliphatic heterocycles. The van der Waals surface area contributed by atoms with Crippen LogP contribution in [0.25, 0.3) is 53.2 Å². The van der Waals surface area contributed by atoms with Crippen molar-refractivity contribution in [2.75, 3.05) is 0 Å². The lowest BCUT2D eigenvalue weighted by Crippen LogP contribution is -1.99. The van der Waals surface area contributed by atoms with Crippen LogP contribution >= 0.6 is 11.3 Å². The van der Waals surface area contributed by atoms with Crippen molar-refractivity contribution in [2.24, 2.45) is 5.92 Å². The highest BCUT2D eigenvalue weighted by atomic mass is 32.1. The number of thiophene rings is 1. The van der Waals surface area contributed by atoms with Gasteiger partial charge in [-0.05, 0) is 89.4 Å². The zero-order valence-corrected chi connectivity index (χ0v) is 21.7. The van der Waals surface area contributed by atoms with Crippen molar-refractivity contribution in [3.05, 3.63) is 84.1 Å². The number of pyridine rings is 2. The molecular formula is C33H30N2S. The van der Waals surface area contributed by atoms with Crippen LogP contribution in [0, 0.1) is 5.92 Å². The fourth-order valence-electron chi connectivity index (χ4n) is 6.29. The van der Waals surface area contributed by atoms with Crippen molar-refractivity contribution in [1.29, 1.82) is 0 Å². The molecule has 3 aromatic carbocycles. The first-order valence-corrected chi connectivity index (χ1v) is 14.1. The summed E-state index contributed by atoms with van der Waals surface area (Å²) in [5.74, 6) is 1.21. The van der Waals surface area contributed by atoms with E-state index >= 15 is 0 Å². The van der Waals surface area contributed by atoms with E-state index in [1.165, 1.54) is 74.0 Å². The lowest BCUT2D eigenvalue weighted by molar-refractivity contribution is 0.648. The van der Waals surface area contributed by atoms with Crippen molar-refractivity contribution >= 4 is 53.3 Å². The van der Waals surface area contributed by atoms with E-state index in [-0.39, 0.29) is 0 Å². The molecule has 0 saturated heterocycles. The number of benzene rings is 3. The Labute approximate surface area is 216 Å². The summed E-state index contributed by atoms with van der Waals surface area (Å²) in [5, 5.41) is 6.57. The second kappa shape index (κ2) is 8.67. The van der Waals surface area contributed by atoms with Gasteiger partial charge in [0.15, 0.2) is 0 Å². The predicted molar refractivity (Wildman–Crippen MR) is 155 cm³/mol. The standard InChI is InChI=1S/C33H30N2S/c1-20(2)16-21-17-27-25-12-7-15-34-33(25)36-32(27)28(18-21)30-19-26(22-8-3-4-9-22)31-24-11-6-5-10-23(24)13-14-29(31)35-30/h5-7,10-15,17-20,22H,3-4,8-9,16H2,1-2H3. The number of hydrogen-bond acceptors (Lipinski definition) is 3. The van der Waals surface area contributed by atoms with E-state index in [1.54, 1.807) is 11.3 Å². The minimum absolute atomic E-state index is 0.600. The second-order valence-corrected chi connectivity index (χ2v) is 11.8. The first-order chi connectivity index (χ1) is 17.7. The lowest BCUT2D eigenvalue weighted by atomic mass is 9.89. The summed E-state index contributed by atoms with van der Waals surface area (Å²) in [7, 11) is 0. The monoisotopic (exact) mass is 486 g/mol. The molecule has 0 unspecified atom stereocenters. The Kier molecular flexibility index (Phi) is 5.28. The molecule has 0 atom stereocenters. The Morgan fingerprint density at radius 1 is 0.889 bits per heavy atom. The van der Waals surface area contributed by atoms with Crippen molar-refractivity contribution in [2.45, 2.75) is 51.9 Å². The maximum Gasteiger partial charge on any atom is 0.124 e. The predicted octanol–water partition coefficient (Wildman–Crippen LogP) is 9.67. The Morgan fingerprint density at radius 2 is 1.72 bits per heavy atom. The molecule has 3 heterocycles. The molecule has 3 aromatic heterocycles. The smallest absolute Gasteiger partial charge is 0.124 e. The molecule has 1 aliphatic carbocycles. The molecule has 7 rings (SSSR count). The molecule has 3 heteroatoms. The Balaban J connectivity index is 1.55. The number of fused-ring (bicyclic) bond motifs is 6.